The Bertz CT molecular complexity index is 439. The number of hydrogen-bond donors (Lipinski definition) is 1. The Morgan fingerprint density at radius 3 is 2.82 bits per heavy atom. The van der Waals surface area contributed by atoms with Crippen LogP contribution in [0.2, 0.25) is 0 Å². The van der Waals surface area contributed by atoms with E-state index in [0.29, 0.717) is 0 Å². The first-order valence-electron chi connectivity index (χ1n) is 4.93. The zero-order valence-corrected chi connectivity index (χ0v) is 9.16. The monoisotopic (exact) mass is 235 g/mol. The number of carbonyl (C=O) groups is 1. The van der Waals surface area contributed by atoms with Gasteiger partial charge in [0.05, 0.1) is 18.4 Å². The van der Waals surface area contributed by atoms with E-state index in [1.807, 2.05) is 0 Å². The van der Waals surface area contributed by atoms with E-state index in [1.54, 1.807) is 19.1 Å². The molecule has 0 radical (unpaired) electrons. The molecule has 0 saturated heterocycles. The predicted molar refractivity (Wildman–Crippen MR) is 59.1 cm³/mol. The summed E-state index contributed by atoms with van der Waals surface area (Å²) < 4.78 is 4.72. The fourth-order valence-corrected chi connectivity index (χ4v) is 1.38. The molecule has 0 aliphatic heterocycles. The molecule has 1 rings (SSSR count). The van der Waals surface area contributed by atoms with Crippen molar-refractivity contribution < 1.29 is 14.7 Å². The van der Waals surface area contributed by atoms with Crippen molar-refractivity contribution in [3.8, 4) is 6.07 Å². The molecule has 0 amide bonds. The Balaban J connectivity index is 3.13. The Morgan fingerprint density at radius 1 is 1.65 bits per heavy atom. The standard InChI is InChI=1S/C11H11N2O4/c1-2-17-11(14)9(7-12)8-5-3-4-6-10(8)13(15)16/h3-6,9,15H,2H2,1H3/q-1. The number of esters is 1. The number of rotatable bonds is 4. The van der Waals surface area contributed by atoms with Crippen LogP contribution in [0.1, 0.15) is 18.4 Å². The summed E-state index contributed by atoms with van der Waals surface area (Å²) in [7, 11) is 0. The largest absolute Gasteiger partial charge is 0.733 e. The molecule has 0 heterocycles. The zero-order valence-electron chi connectivity index (χ0n) is 9.16. The number of nitrogens with zero attached hydrogens (tertiary/aromatic N) is 2. The highest BCUT2D eigenvalue weighted by Crippen LogP contribution is 2.27. The average Bonchev–Trinajstić information content (AvgIpc) is 2.31. The first-order chi connectivity index (χ1) is 8.11. The van der Waals surface area contributed by atoms with Gasteiger partial charge in [-0.1, -0.05) is 18.2 Å². The highest BCUT2D eigenvalue weighted by atomic mass is 16.8. The molecular weight excluding hydrogens is 224 g/mol. The van der Waals surface area contributed by atoms with Crippen molar-refractivity contribution in [2.75, 3.05) is 11.8 Å². The first kappa shape index (κ1) is 13.0. The summed E-state index contributed by atoms with van der Waals surface area (Å²) in [5, 5.41) is 28.3. The summed E-state index contributed by atoms with van der Waals surface area (Å²) in [4.78, 5) is 11.5. The lowest BCUT2D eigenvalue weighted by Crippen LogP contribution is -2.18. The van der Waals surface area contributed by atoms with E-state index < -0.39 is 11.9 Å². The molecule has 0 saturated carbocycles. The van der Waals surface area contributed by atoms with E-state index in [1.165, 1.54) is 18.2 Å². The quantitative estimate of drug-likeness (QED) is 0.628. The lowest BCUT2D eigenvalue weighted by atomic mass is 9.99. The van der Waals surface area contributed by atoms with Gasteiger partial charge in [-0.05, 0) is 13.0 Å². The number of hydrogen-bond acceptors (Lipinski definition) is 6. The van der Waals surface area contributed by atoms with Gasteiger partial charge in [-0.15, -0.1) is 0 Å². The van der Waals surface area contributed by atoms with Crippen molar-refractivity contribution in [2.24, 2.45) is 0 Å². The fraction of sp³-hybridized carbons (Fsp3) is 0.273. The summed E-state index contributed by atoms with van der Waals surface area (Å²) in [5.74, 6) is -1.97. The van der Waals surface area contributed by atoms with Crippen LogP contribution in [0, 0.1) is 16.5 Å². The van der Waals surface area contributed by atoms with E-state index in [9.17, 15) is 10.0 Å². The van der Waals surface area contributed by atoms with Crippen molar-refractivity contribution in [1.29, 1.82) is 5.26 Å². The number of benzene rings is 1. The molecule has 0 aromatic heterocycles. The SMILES string of the molecule is CCOC(=O)C(C#N)c1ccccc1N([O-])O. The Morgan fingerprint density at radius 2 is 2.29 bits per heavy atom. The van der Waals surface area contributed by atoms with Gasteiger partial charge >= 0.3 is 5.97 Å². The summed E-state index contributed by atoms with van der Waals surface area (Å²) in [6.07, 6.45) is 0. The second kappa shape index (κ2) is 5.84. The van der Waals surface area contributed by atoms with E-state index in [2.05, 4.69) is 0 Å². The van der Waals surface area contributed by atoms with Gasteiger partial charge in [0.2, 0.25) is 0 Å². The van der Waals surface area contributed by atoms with Crippen LogP contribution < -0.4 is 5.23 Å². The van der Waals surface area contributed by atoms with Crippen LogP contribution in [0.4, 0.5) is 5.69 Å². The van der Waals surface area contributed by atoms with Gasteiger partial charge in [0.1, 0.15) is 0 Å². The van der Waals surface area contributed by atoms with E-state index >= 15 is 0 Å². The third-order valence-corrected chi connectivity index (χ3v) is 2.11. The third kappa shape index (κ3) is 2.93. The molecule has 0 spiro atoms. The average molecular weight is 235 g/mol. The normalized spacial score (nSPS) is 11.4. The maximum Gasteiger partial charge on any atom is 0.327 e. The van der Waals surface area contributed by atoms with Crippen molar-refractivity contribution >= 4 is 11.7 Å². The van der Waals surface area contributed by atoms with E-state index in [4.69, 9.17) is 15.2 Å². The summed E-state index contributed by atoms with van der Waals surface area (Å²) in [6, 6.07) is 7.55. The molecule has 0 aliphatic rings. The molecule has 0 bridgehead atoms. The van der Waals surface area contributed by atoms with Crippen LogP contribution in [0.3, 0.4) is 0 Å². The van der Waals surface area contributed by atoms with Crippen molar-refractivity contribution in [1.82, 2.24) is 0 Å². The number of anilines is 1. The van der Waals surface area contributed by atoms with Crippen molar-refractivity contribution in [3.05, 3.63) is 35.0 Å². The Hall–Kier alpha value is -2.10. The maximum atomic E-state index is 11.5. The molecule has 0 fully saturated rings. The number of carbonyl (C=O) groups excluding carboxylic acids is 1. The number of ether oxygens (including phenoxy) is 1. The van der Waals surface area contributed by atoms with Crippen molar-refractivity contribution in [3.63, 3.8) is 0 Å². The molecule has 1 aromatic carbocycles. The molecule has 1 aromatic rings. The van der Waals surface area contributed by atoms with Gasteiger partial charge in [-0.3, -0.25) is 10.0 Å². The van der Waals surface area contributed by atoms with E-state index in [0.717, 1.165) is 0 Å². The summed E-state index contributed by atoms with van der Waals surface area (Å²) >= 11 is 0. The van der Waals surface area contributed by atoms with Crippen LogP contribution in [0.5, 0.6) is 0 Å². The Labute approximate surface area is 98.2 Å². The fourth-order valence-electron chi connectivity index (χ4n) is 1.38. The highest BCUT2D eigenvalue weighted by molar-refractivity contribution is 5.83. The molecule has 0 aliphatic carbocycles. The zero-order chi connectivity index (χ0) is 12.8. The molecule has 1 unspecified atom stereocenters. The van der Waals surface area contributed by atoms with Gasteiger partial charge in [-0.25, -0.2) is 0 Å². The minimum atomic E-state index is -1.23. The van der Waals surface area contributed by atoms with Gasteiger partial charge in [0.25, 0.3) is 0 Å². The second-order valence-corrected chi connectivity index (χ2v) is 3.15. The molecule has 6 nitrogen and oxygen atoms in total. The van der Waals surface area contributed by atoms with Crippen LogP contribution in [0.15, 0.2) is 24.3 Å². The molecular formula is C11H11N2O4-. The molecule has 1 N–H and O–H groups in total. The highest BCUT2D eigenvalue weighted by Gasteiger charge is 2.24. The predicted octanol–water partition coefficient (Wildman–Crippen LogP) is 1.55. The van der Waals surface area contributed by atoms with Gasteiger partial charge in [-0.2, -0.15) is 5.26 Å². The molecule has 17 heavy (non-hydrogen) atoms. The second-order valence-electron chi connectivity index (χ2n) is 3.15. The van der Waals surface area contributed by atoms with Gasteiger partial charge in [0.15, 0.2) is 5.92 Å². The molecule has 1 atom stereocenters. The molecule has 90 valence electrons. The first-order valence-corrected chi connectivity index (χ1v) is 4.93. The lowest BCUT2D eigenvalue weighted by Gasteiger charge is -2.25. The number of para-hydroxylation sites is 1. The number of nitriles is 1. The van der Waals surface area contributed by atoms with Crippen LogP contribution >= 0.6 is 0 Å². The van der Waals surface area contributed by atoms with Crippen LogP contribution in [-0.2, 0) is 9.53 Å². The summed E-state index contributed by atoms with van der Waals surface area (Å²) in [6.45, 7) is 1.75. The van der Waals surface area contributed by atoms with Crippen LogP contribution in [0.25, 0.3) is 0 Å². The molecule has 6 heteroatoms. The van der Waals surface area contributed by atoms with Gasteiger partial charge < -0.3 is 15.2 Å². The topological polar surface area (TPSA) is 96.6 Å². The van der Waals surface area contributed by atoms with Gasteiger partial charge in [0, 0.05) is 5.56 Å². The lowest BCUT2D eigenvalue weighted by molar-refractivity contribution is -0.143. The Kier molecular flexibility index (Phi) is 4.46. The van der Waals surface area contributed by atoms with Crippen molar-refractivity contribution in [2.45, 2.75) is 12.8 Å². The van der Waals surface area contributed by atoms with Crippen LogP contribution in [-0.4, -0.2) is 17.8 Å². The minimum absolute atomic E-state index is 0.117. The third-order valence-electron chi connectivity index (χ3n) is 2.11. The van der Waals surface area contributed by atoms with E-state index in [-0.39, 0.29) is 23.1 Å². The summed E-state index contributed by atoms with van der Waals surface area (Å²) in [5.41, 5.74) is -0.0296. The smallest absolute Gasteiger partial charge is 0.327 e. The minimum Gasteiger partial charge on any atom is -0.733 e. The maximum absolute atomic E-state index is 11.5.